The van der Waals surface area contributed by atoms with E-state index in [2.05, 4.69) is 28.2 Å². The summed E-state index contributed by atoms with van der Waals surface area (Å²) in [6.45, 7) is 2.79. The van der Waals surface area contributed by atoms with E-state index in [0.717, 1.165) is 66.0 Å². The topological polar surface area (TPSA) is 78.5 Å². The molecule has 4 aromatic rings. The highest BCUT2D eigenvalue weighted by atomic mass is 16.5. The van der Waals surface area contributed by atoms with Gasteiger partial charge in [0, 0.05) is 36.7 Å². The zero-order valence-corrected chi connectivity index (χ0v) is 20.9. The smallest absolute Gasteiger partial charge is 0.272 e. The van der Waals surface area contributed by atoms with Crippen LogP contribution in [0.25, 0.3) is 22.0 Å². The van der Waals surface area contributed by atoms with Crippen LogP contribution in [0.1, 0.15) is 24.0 Å². The van der Waals surface area contributed by atoms with Crippen molar-refractivity contribution in [2.45, 2.75) is 31.8 Å². The Hall–Kier alpha value is -3.97. The predicted molar refractivity (Wildman–Crippen MR) is 145 cm³/mol. The Morgan fingerprint density at radius 2 is 1.76 bits per heavy atom. The van der Waals surface area contributed by atoms with E-state index in [9.17, 15) is 9.59 Å². The second-order valence-electron chi connectivity index (χ2n) is 10.0. The summed E-state index contributed by atoms with van der Waals surface area (Å²) in [5.74, 6) is 0.925. The fourth-order valence-electron chi connectivity index (χ4n) is 5.37. The molecule has 7 nitrogen and oxygen atoms in total. The predicted octanol–water partition coefficient (Wildman–Crippen LogP) is 4.19. The molecule has 0 aliphatic carbocycles. The quantitative estimate of drug-likeness (QED) is 0.450. The lowest BCUT2D eigenvalue weighted by atomic mass is 10.0. The Morgan fingerprint density at radius 3 is 2.54 bits per heavy atom. The first kappa shape index (κ1) is 23.4. The van der Waals surface area contributed by atoms with Crippen LogP contribution in [0.15, 0.2) is 71.5 Å². The zero-order chi connectivity index (χ0) is 25.4. The number of anilines is 1. The SMILES string of the molecule is CN1CCC(Oc2ccc3c(c2)N(C(=O)Cc2ccc(-c4n[nH]c(=O)c5ccccc45)cc2)CC3)CC1. The van der Waals surface area contributed by atoms with E-state index in [4.69, 9.17) is 4.74 Å². The van der Waals surface area contributed by atoms with Crippen molar-refractivity contribution in [3.8, 4) is 17.0 Å². The van der Waals surface area contributed by atoms with Crippen molar-refractivity contribution in [3.05, 3.63) is 88.2 Å². The molecule has 0 atom stereocenters. The van der Waals surface area contributed by atoms with Gasteiger partial charge in [0.2, 0.25) is 5.91 Å². The molecule has 7 heteroatoms. The maximum absolute atomic E-state index is 13.3. The van der Waals surface area contributed by atoms with E-state index >= 15 is 0 Å². The molecule has 188 valence electrons. The molecule has 37 heavy (non-hydrogen) atoms. The molecule has 1 amide bonds. The molecule has 0 unspecified atom stereocenters. The number of rotatable bonds is 5. The van der Waals surface area contributed by atoms with Crippen molar-refractivity contribution < 1.29 is 9.53 Å². The monoisotopic (exact) mass is 494 g/mol. The lowest BCUT2D eigenvalue weighted by molar-refractivity contribution is -0.117. The Balaban J connectivity index is 1.17. The van der Waals surface area contributed by atoms with Gasteiger partial charge in [0.1, 0.15) is 11.9 Å². The minimum absolute atomic E-state index is 0.0792. The van der Waals surface area contributed by atoms with E-state index in [-0.39, 0.29) is 17.6 Å². The number of likely N-dealkylation sites (tertiary alicyclic amines) is 1. The van der Waals surface area contributed by atoms with Gasteiger partial charge < -0.3 is 14.5 Å². The third-order valence-corrected chi connectivity index (χ3v) is 7.50. The Labute approximate surface area is 215 Å². The third-order valence-electron chi connectivity index (χ3n) is 7.50. The summed E-state index contributed by atoms with van der Waals surface area (Å²) in [6, 6.07) is 21.5. The fraction of sp³-hybridized carbons (Fsp3) is 0.300. The van der Waals surface area contributed by atoms with Gasteiger partial charge in [0.15, 0.2) is 0 Å². The van der Waals surface area contributed by atoms with Crippen LogP contribution in [0.3, 0.4) is 0 Å². The fourth-order valence-corrected chi connectivity index (χ4v) is 5.37. The minimum atomic E-state index is -0.202. The number of hydrogen-bond donors (Lipinski definition) is 1. The van der Waals surface area contributed by atoms with Crippen LogP contribution >= 0.6 is 0 Å². The number of benzene rings is 3. The normalized spacial score (nSPS) is 16.2. The maximum atomic E-state index is 13.3. The van der Waals surface area contributed by atoms with Crippen molar-refractivity contribution in [1.29, 1.82) is 0 Å². The molecule has 1 aromatic heterocycles. The van der Waals surface area contributed by atoms with Crippen molar-refractivity contribution in [1.82, 2.24) is 15.1 Å². The molecular weight excluding hydrogens is 464 g/mol. The first-order valence-electron chi connectivity index (χ1n) is 12.9. The number of nitrogens with zero attached hydrogens (tertiary/aromatic N) is 3. The number of carbonyl (C=O) groups is 1. The molecule has 0 spiro atoms. The largest absolute Gasteiger partial charge is 0.490 e. The number of piperidine rings is 1. The maximum Gasteiger partial charge on any atom is 0.272 e. The second-order valence-corrected chi connectivity index (χ2v) is 10.0. The Kier molecular flexibility index (Phi) is 6.22. The summed E-state index contributed by atoms with van der Waals surface area (Å²) in [7, 11) is 2.14. The van der Waals surface area contributed by atoms with Gasteiger partial charge in [-0.2, -0.15) is 5.10 Å². The molecule has 1 saturated heterocycles. The van der Waals surface area contributed by atoms with Gasteiger partial charge in [0.25, 0.3) is 5.56 Å². The van der Waals surface area contributed by atoms with E-state index in [1.165, 1.54) is 5.56 Å². The Morgan fingerprint density at radius 1 is 1.00 bits per heavy atom. The van der Waals surface area contributed by atoms with Crippen molar-refractivity contribution in [3.63, 3.8) is 0 Å². The summed E-state index contributed by atoms with van der Waals surface area (Å²) in [6.07, 6.45) is 3.46. The first-order chi connectivity index (χ1) is 18.0. The molecule has 0 radical (unpaired) electrons. The molecule has 0 saturated carbocycles. The third kappa shape index (κ3) is 4.74. The number of aromatic amines is 1. The van der Waals surface area contributed by atoms with Crippen molar-refractivity contribution in [2.24, 2.45) is 0 Å². The van der Waals surface area contributed by atoms with E-state index in [0.29, 0.717) is 18.4 Å². The number of nitrogens with one attached hydrogen (secondary N) is 1. The summed E-state index contributed by atoms with van der Waals surface area (Å²) in [4.78, 5) is 29.6. The van der Waals surface area contributed by atoms with Gasteiger partial charge in [-0.3, -0.25) is 9.59 Å². The standard InChI is InChI=1S/C30H30N4O3/c1-33-15-13-23(14-16-33)37-24-11-10-21-12-17-34(27(21)19-24)28(35)18-20-6-8-22(9-7-20)29-25-4-2-3-5-26(25)30(36)32-31-29/h2-11,19,23H,12-18H2,1H3,(H,32,36). The summed E-state index contributed by atoms with van der Waals surface area (Å²) < 4.78 is 6.28. The number of ether oxygens (including phenoxy) is 1. The highest BCUT2D eigenvalue weighted by molar-refractivity contribution is 5.97. The van der Waals surface area contributed by atoms with Gasteiger partial charge >= 0.3 is 0 Å². The number of carbonyl (C=O) groups excluding carboxylic acids is 1. The molecular formula is C30H30N4O3. The van der Waals surface area contributed by atoms with Crippen LogP contribution in [0, 0.1) is 0 Å². The van der Waals surface area contributed by atoms with Gasteiger partial charge in [0.05, 0.1) is 23.2 Å². The van der Waals surface area contributed by atoms with E-state index in [1.807, 2.05) is 59.5 Å². The molecule has 3 aromatic carbocycles. The number of H-pyrrole nitrogens is 1. The van der Waals surface area contributed by atoms with Crippen LogP contribution in [0.5, 0.6) is 5.75 Å². The van der Waals surface area contributed by atoms with Gasteiger partial charge in [-0.15, -0.1) is 0 Å². The molecule has 2 aliphatic heterocycles. The van der Waals surface area contributed by atoms with Crippen LogP contribution in [0.2, 0.25) is 0 Å². The van der Waals surface area contributed by atoms with Gasteiger partial charge in [-0.05, 0) is 49.6 Å². The Bertz CT molecular complexity index is 1500. The molecule has 3 heterocycles. The van der Waals surface area contributed by atoms with E-state index in [1.54, 1.807) is 6.07 Å². The van der Waals surface area contributed by atoms with Crippen LogP contribution in [-0.2, 0) is 17.6 Å². The van der Waals surface area contributed by atoms with Gasteiger partial charge in [-0.25, -0.2) is 5.10 Å². The average Bonchev–Trinajstić information content (AvgIpc) is 3.35. The number of aromatic nitrogens is 2. The lowest BCUT2D eigenvalue weighted by Crippen LogP contribution is -2.35. The number of fused-ring (bicyclic) bond motifs is 2. The zero-order valence-electron chi connectivity index (χ0n) is 20.9. The molecule has 0 bridgehead atoms. The highest BCUT2D eigenvalue weighted by Gasteiger charge is 2.26. The van der Waals surface area contributed by atoms with Crippen LogP contribution in [-0.4, -0.2) is 53.8 Å². The number of hydrogen-bond acceptors (Lipinski definition) is 5. The first-order valence-corrected chi connectivity index (χ1v) is 12.9. The lowest BCUT2D eigenvalue weighted by Gasteiger charge is -2.29. The summed E-state index contributed by atoms with van der Waals surface area (Å²) in [5.41, 5.74) is 4.51. The second kappa shape index (κ2) is 9.82. The van der Waals surface area contributed by atoms with Gasteiger partial charge in [-0.1, -0.05) is 48.5 Å². The number of amides is 1. The molecule has 6 rings (SSSR count). The van der Waals surface area contributed by atoms with Crippen molar-refractivity contribution in [2.75, 3.05) is 31.6 Å². The molecule has 1 N–H and O–H groups in total. The molecule has 2 aliphatic rings. The van der Waals surface area contributed by atoms with Crippen LogP contribution in [0.4, 0.5) is 5.69 Å². The molecule has 1 fully saturated rings. The van der Waals surface area contributed by atoms with E-state index < -0.39 is 0 Å². The highest BCUT2D eigenvalue weighted by Crippen LogP contribution is 2.33. The summed E-state index contributed by atoms with van der Waals surface area (Å²) in [5, 5.41) is 8.29. The van der Waals surface area contributed by atoms with Crippen LogP contribution < -0.4 is 15.2 Å². The summed E-state index contributed by atoms with van der Waals surface area (Å²) >= 11 is 0. The average molecular weight is 495 g/mol. The van der Waals surface area contributed by atoms with Crippen molar-refractivity contribution >= 4 is 22.4 Å². The minimum Gasteiger partial charge on any atom is -0.490 e.